The normalized spacial score (nSPS) is 13.8. The molecule has 1 aromatic carbocycles. The molecule has 1 unspecified atom stereocenters. The summed E-state index contributed by atoms with van der Waals surface area (Å²) in [4.78, 5) is 0. The lowest BCUT2D eigenvalue weighted by molar-refractivity contribution is 0.0446. The van der Waals surface area contributed by atoms with Crippen LogP contribution in [0, 0.1) is 11.6 Å². The van der Waals surface area contributed by atoms with E-state index in [0.717, 1.165) is 6.07 Å². The Morgan fingerprint density at radius 1 is 1.24 bits per heavy atom. The van der Waals surface area contributed by atoms with E-state index in [9.17, 15) is 13.9 Å². The van der Waals surface area contributed by atoms with Gasteiger partial charge in [0.15, 0.2) is 0 Å². The van der Waals surface area contributed by atoms with E-state index in [0.29, 0.717) is 18.5 Å². The molecule has 0 bridgehead atoms. The molecule has 2 nitrogen and oxygen atoms in total. The summed E-state index contributed by atoms with van der Waals surface area (Å²) < 4.78 is 25.8. The molecule has 0 aliphatic carbocycles. The van der Waals surface area contributed by atoms with Crippen molar-refractivity contribution in [3.8, 4) is 0 Å². The molecular weight excluding hydrogens is 224 g/mol. The molecule has 96 valence electrons. The van der Waals surface area contributed by atoms with Gasteiger partial charge in [-0.1, -0.05) is 0 Å². The second-order valence-electron chi connectivity index (χ2n) is 4.86. The molecule has 0 saturated heterocycles. The number of hydrogen-bond acceptors (Lipinski definition) is 2. The first-order chi connectivity index (χ1) is 7.79. The number of aliphatic hydroxyl groups is 1. The predicted molar refractivity (Wildman–Crippen MR) is 63.8 cm³/mol. The molecule has 0 aromatic heterocycles. The van der Waals surface area contributed by atoms with Crippen LogP contribution in [0.3, 0.4) is 0 Å². The van der Waals surface area contributed by atoms with Gasteiger partial charge in [-0.15, -0.1) is 0 Å². The van der Waals surface area contributed by atoms with Crippen LogP contribution in [-0.4, -0.2) is 23.3 Å². The molecule has 1 rings (SSSR count). The number of rotatable bonds is 5. The fourth-order valence-electron chi connectivity index (χ4n) is 1.44. The van der Waals surface area contributed by atoms with Crippen molar-refractivity contribution in [3.63, 3.8) is 0 Å². The fraction of sp³-hybridized carbons (Fsp3) is 0.538. The first-order valence-electron chi connectivity index (χ1n) is 5.70. The molecule has 0 saturated carbocycles. The molecule has 0 spiro atoms. The van der Waals surface area contributed by atoms with E-state index in [1.807, 2.05) is 6.92 Å². The lowest BCUT2D eigenvalue weighted by Crippen LogP contribution is -2.45. The van der Waals surface area contributed by atoms with Crippen LogP contribution < -0.4 is 5.32 Å². The van der Waals surface area contributed by atoms with E-state index >= 15 is 0 Å². The van der Waals surface area contributed by atoms with Crippen molar-refractivity contribution in [2.24, 2.45) is 0 Å². The third kappa shape index (κ3) is 4.79. The maximum atomic E-state index is 12.9. The van der Waals surface area contributed by atoms with Crippen molar-refractivity contribution in [2.45, 2.75) is 38.8 Å². The van der Waals surface area contributed by atoms with Gasteiger partial charge in [0.1, 0.15) is 11.6 Å². The largest absolute Gasteiger partial charge is 0.389 e. The molecule has 0 heterocycles. The summed E-state index contributed by atoms with van der Waals surface area (Å²) in [5.41, 5.74) is -0.203. The number of benzene rings is 1. The predicted octanol–water partition coefficient (Wildman–Crippen LogP) is 2.26. The lowest BCUT2D eigenvalue weighted by atomic mass is 10.0. The fourth-order valence-corrected chi connectivity index (χ4v) is 1.44. The first-order valence-corrected chi connectivity index (χ1v) is 5.70. The average Bonchev–Trinajstić information content (AvgIpc) is 2.14. The molecule has 0 fully saturated rings. The number of nitrogens with one attached hydrogen (secondary N) is 1. The number of halogens is 2. The first kappa shape index (κ1) is 14.1. The van der Waals surface area contributed by atoms with Crippen molar-refractivity contribution >= 4 is 0 Å². The van der Waals surface area contributed by atoms with Gasteiger partial charge < -0.3 is 10.4 Å². The standard InChI is InChI=1S/C13H19F2NO/c1-9(13(2,3)17)16-5-4-10-6-11(14)8-12(15)7-10/h6-9,16-17H,4-5H2,1-3H3. The van der Waals surface area contributed by atoms with Crippen LogP contribution in [0.15, 0.2) is 18.2 Å². The molecule has 2 N–H and O–H groups in total. The second-order valence-corrected chi connectivity index (χ2v) is 4.86. The van der Waals surface area contributed by atoms with Gasteiger partial charge in [-0.2, -0.15) is 0 Å². The molecule has 0 aliphatic heterocycles. The Bertz CT molecular complexity index is 354. The third-order valence-corrected chi connectivity index (χ3v) is 2.85. The monoisotopic (exact) mass is 243 g/mol. The number of hydrogen-bond donors (Lipinski definition) is 2. The van der Waals surface area contributed by atoms with Crippen molar-refractivity contribution in [3.05, 3.63) is 35.4 Å². The van der Waals surface area contributed by atoms with Gasteiger partial charge in [0, 0.05) is 12.1 Å². The van der Waals surface area contributed by atoms with Crippen molar-refractivity contribution in [1.29, 1.82) is 0 Å². The van der Waals surface area contributed by atoms with Crippen LogP contribution in [0.2, 0.25) is 0 Å². The third-order valence-electron chi connectivity index (χ3n) is 2.85. The quantitative estimate of drug-likeness (QED) is 0.831. The highest BCUT2D eigenvalue weighted by atomic mass is 19.1. The molecule has 1 atom stereocenters. The zero-order valence-electron chi connectivity index (χ0n) is 10.4. The molecule has 4 heteroatoms. The van der Waals surface area contributed by atoms with Gasteiger partial charge >= 0.3 is 0 Å². The summed E-state index contributed by atoms with van der Waals surface area (Å²) in [5.74, 6) is -1.12. The highest BCUT2D eigenvalue weighted by Crippen LogP contribution is 2.10. The Morgan fingerprint density at radius 3 is 2.24 bits per heavy atom. The Labute approximate surface area is 101 Å². The Kier molecular flexibility index (Phi) is 4.60. The summed E-state index contributed by atoms with van der Waals surface area (Å²) >= 11 is 0. The van der Waals surface area contributed by atoms with Gasteiger partial charge in [0.2, 0.25) is 0 Å². The van der Waals surface area contributed by atoms with Crippen LogP contribution >= 0.6 is 0 Å². The van der Waals surface area contributed by atoms with Crippen molar-refractivity contribution in [1.82, 2.24) is 5.32 Å². The van der Waals surface area contributed by atoms with Gasteiger partial charge in [0.05, 0.1) is 5.60 Å². The minimum absolute atomic E-state index is 0.0825. The molecule has 0 radical (unpaired) electrons. The lowest BCUT2D eigenvalue weighted by Gasteiger charge is -2.26. The zero-order valence-corrected chi connectivity index (χ0v) is 10.4. The molecule has 1 aromatic rings. The summed E-state index contributed by atoms with van der Waals surface area (Å²) in [5, 5.41) is 12.8. The van der Waals surface area contributed by atoms with Gasteiger partial charge in [-0.25, -0.2) is 8.78 Å². The van der Waals surface area contributed by atoms with Crippen molar-refractivity contribution in [2.75, 3.05) is 6.54 Å². The SMILES string of the molecule is CC(NCCc1cc(F)cc(F)c1)C(C)(C)O. The minimum Gasteiger partial charge on any atom is -0.389 e. The van der Waals surface area contributed by atoms with E-state index in [-0.39, 0.29) is 6.04 Å². The van der Waals surface area contributed by atoms with E-state index in [1.54, 1.807) is 13.8 Å². The minimum atomic E-state index is -0.812. The van der Waals surface area contributed by atoms with Crippen LogP contribution in [0.5, 0.6) is 0 Å². The summed E-state index contributed by atoms with van der Waals surface area (Å²) in [6.07, 6.45) is 0.523. The van der Waals surface area contributed by atoms with Crippen molar-refractivity contribution < 1.29 is 13.9 Å². The highest BCUT2D eigenvalue weighted by molar-refractivity contribution is 5.18. The smallest absolute Gasteiger partial charge is 0.126 e. The van der Waals surface area contributed by atoms with Crippen LogP contribution in [0.25, 0.3) is 0 Å². The van der Waals surface area contributed by atoms with E-state index in [1.165, 1.54) is 12.1 Å². The molecule has 17 heavy (non-hydrogen) atoms. The van der Waals surface area contributed by atoms with Gasteiger partial charge in [-0.3, -0.25) is 0 Å². The zero-order chi connectivity index (χ0) is 13.1. The molecule has 0 amide bonds. The molecule has 0 aliphatic rings. The van der Waals surface area contributed by atoms with E-state index in [2.05, 4.69) is 5.32 Å². The highest BCUT2D eigenvalue weighted by Gasteiger charge is 2.21. The topological polar surface area (TPSA) is 32.3 Å². The van der Waals surface area contributed by atoms with Crippen LogP contribution in [0.4, 0.5) is 8.78 Å². The van der Waals surface area contributed by atoms with E-state index < -0.39 is 17.2 Å². The summed E-state index contributed by atoms with van der Waals surface area (Å²) in [6, 6.07) is 3.41. The van der Waals surface area contributed by atoms with Gasteiger partial charge in [-0.05, 0) is 51.4 Å². The summed E-state index contributed by atoms with van der Waals surface area (Å²) in [6.45, 7) is 5.86. The van der Waals surface area contributed by atoms with Crippen LogP contribution in [-0.2, 0) is 6.42 Å². The Hall–Kier alpha value is -1.00. The second kappa shape index (κ2) is 5.56. The maximum absolute atomic E-state index is 12.9. The molecular formula is C13H19F2NO. The maximum Gasteiger partial charge on any atom is 0.126 e. The Morgan fingerprint density at radius 2 is 1.76 bits per heavy atom. The summed E-state index contributed by atoms with van der Waals surface area (Å²) in [7, 11) is 0. The van der Waals surface area contributed by atoms with E-state index in [4.69, 9.17) is 0 Å². The van der Waals surface area contributed by atoms with Crippen LogP contribution in [0.1, 0.15) is 26.3 Å². The average molecular weight is 243 g/mol. The van der Waals surface area contributed by atoms with Gasteiger partial charge in [0.25, 0.3) is 0 Å². The Balaban J connectivity index is 2.46.